The number of rotatable bonds is 2. The van der Waals surface area contributed by atoms with Gasteiger partial charge in [-0.2, -0.15) is 0 Å². The van der Waals surface area contributed by atoms with Gasteiger partial charge < -0.3 is 10.5 Å². The monoisotopic (exact) mass is 246 g/mol. The highest BCUT2D eigenvalue weighted by Gasteiger charge is 2.28. The Morgan fingerprint density at radius 3 is 2.78 bits per heavy atom. The second-order valence-corrected chi connectivity index (χ2v) is 5.65. The number of hydrogen-bond donors (Lipinski definition) is 2. The fraction of sp³-hybridized carbons (Fsp3) is 0.533. The van der Waals surface area contributed by atoms with Gasteiger partial charge in [-0.25, -0.2) is 0 Å². The summed E-state index contributed by atoms with van der Waals surface area (Å²) in [6, 6.07) is 4.40. The number of nitrogens with one attached hydrogen (secondary N) is 1. The van der Waals surface area contributed by atoms with Crippen LogP contribution in [0.5, 0.6) is 0 Å². The molecule has 0 radical (unpaired) electrons. The van der Waals surface area contributed by atoms with Gasteiger partial charge in [0.1, 0.15) is 0 Å². The summed E-state index contributed by atoms with van der Waals surface area (Å²) in [5.74, 6) is 0. The minimum atomic E-state index is 0.216. The van der Waals surface area contributed by atoms with Gasteiger partial charge in [0, 0.05) is 17.8 Å². The van der Waals surface area contributed by atoms with Crippen molar-refractivity contribution in [2.75, 3.05) is 11.9 Å². The molecule has 2 rings (SSSR count). The molecule has 0 aromatic heterocycles. The van der Waals surface area contributed by atoms with Crippen LogP contribution in [-0.2, 0) is 11.8 Å². The molecule has 1 aromatic rings. The van der Waals surface area contributed by atoms with Gasteiger partial charge in [-0.15, -0.1) is 0 Å². The molecule has 0 aliphatic carbocycles. The Kier molecular flexibility index (Phi) is 3.33. The predicted octanol–water partition coefficient (Wildman–Crippen LogP) is 3.54. The molecule has 0 atom stereocenters. The highest BCUT2D eigenvalue weighted by molar-refractivity contribution is 6.00. The first-order valence-electron chi connectivity index (χ1n) is 6.60. The Balaban J connectivity index is 2.61. The summed E-state index contributed by atoms with van der Waals surface area (Å²) in [6.45, 7) is 9.56. The SMILES string of the molecule is CCc1cc2c(cc1/C(C)=N\O)NCCC2(C)C. The molecule has 18 heavy (non-hydrogen) atoms. The molecule has 1 aliphatic rings. The average molecular weight is 246 g/mol. The van der Waals surface area contributed by atoms with Gasteiger partial charge in [-0.3, -0.25) is 0 Å². The molecule has 0 bridgehead atoms. The van der Waals surface area contributed by atoms with Crippen molar-refractivity contribution in [3.63, 3.8) is 0 Å². The topological polar surface area (TPSA) is 44.6 Å². The Morgan fingerprint density at radius 2 is 2.17 bits per heavy atom. The highest BCUT2D eigenvalue weighted by atomic mass is 16.4. The van der Waals surface area contributed by atoms with Crippen LogP contribution < -0.4 is 5.32 Å². The van der Waals surface area contributed by atoms with Crippen molar-refractivity contribution in [3.8, 4) is 0 Å². The van der Waals surface area contributed by atoms with Gasteiger partial charge in [0.05, 0.1) is 5.71 Å². The van der Waals surface area contributed by atoms with Crippen molar-refractivity contribution in [2.45, 2.75) is 46.0 Å². The molecule has 1 aliphatic heterocycles. The van der Waals surface area contributed by atoms with E-state index in [0.29, 0.717) is 5.71 Å². The van der Waals surface area contributed by atoms with E-state index in [2.05, 4.69) is 43.4 Å². The van der Waals surface area contributed by atoms with E-state index in [9.17, 15) is 0 Å². The summed E-state index contributed by atoms with van der Waals surface area (Å²) < 4.78 is 0. The number of aryl methyl sites for hydroxylation is 1. The van der Waals surface area contributed by atoms with Crippen LogP contribution in [0.15, 0.2) is 17.3 Å². The lowest BCUT2D eigenvalue weighted by Gasteiger charge is -2.34. The number of hydrogen-bond acceptors (Lipinski definition) is 3. The molecule has 0 saturated carbocycles. The largest absolute Gasteiger partial charge is 0.411 e. The molecule has 0 amide bonds. The Labute approximate surface area is 109 Å². The molecular weight excluding hydrogens is 224 g/mol. The maximum absolute atomic E-state index is 8.98. The zero-order chi connectivity index (χ0) is 13.3. The first-order valence-corrected chi connectivity index (χ1v) is 6.60. The van der Waals surface area contributed by atoms with Crippen molar-refractivity contribution in [1.82, 2.24) is 0 Å². The number of nitrogens with zero attached hydrogens (tertiary/aromatic N) is 1. The van der Waals surface area contributed by atoms with Crippen LogP contribution in [0.25, 0.3) is 0 Å². The van der Waals surface area contributed by atoms with E-state index in [4.69, 9.17) is 5.21 Å². The summed E-state index contributed by atoms with van der Waals surface area (Å²) in [4.78, 5) is 0. The standard InChI is InChI=1S/C15H22N2O/c1-5-11-8-13-14(9-12(11)10(2)17-18)16-7-6-15(13,3)4/h8-9,16,18H,5-7H2,1-4H3/b17-10-. The lowest BCUT2D eigenvalue weighted by Crippen LogP contribution is -2.29. The van der Waals surface area contributed by atoms with Gasteiger partial charge >= 0.3 is 0 Å². The highest BCUT2D eigenvalue weighted by Crippen LogP contribution is 2.38. The van der Waals surface area contributed by atoms with Crippen LogP contribution in [0.1, 0.15) is 50.8 Å². The summed E-state index contributed by atoms with van der Waals surface area (Å²) in [5, 5.41) is 15.8. The molecule has 3 nitrogen and oxygen atoms in total. The van der Waals surface area contributed by atoms with Crippen molar-refractivity contribution in [3.05, 3.63) is 28.8 Å². The fourth-order valence-electron chi connectivity index (χ4n) is 2.68. The number of oxime groups is 1. The molecule has 0 spiro atoms. The lowest BCUT2D eigenvalue weighted by molar-refractivity contribution is 0.319. The molecule has 3 heteroatoms. The summed E-state index contributed by atoms with van der Waals surface area (Å²) in [6.07, 6.45) is 2.10. The Morgan fingerprint density at radius 1 is 1.44 bits per heavy atom. The summed E-state index contributed by atoms with van der Waals surface area (Å²) in [5.41, 5.74) is 5.75. The van der Waals surface area contributed by atoms with Gasteiger partial charge in [-0.05, 0) is 42.4 Å². The molecule has 1 heterocycles. The van der Waals surface area contributed by atoms with E-state index in [-0.39, 0.29) is 5.41 Å². The third-order valence-electron chi connectivity index (χ3n) is 3.96. The molecule has 0 unspecified atom stereocenters. The van der Waals surface area contributed by atoms with E-state index < -0.39 is 0 Å². The van der Waals surface area contributed by atoms with Crippen molar-refractivity contribution in [1.29, 1.82) is 0 Å². The normalized spacial score (nSPS) is 18.1. The van der Waals surface area contributed by atoms with Gasteiger partial charge in [-0.1, -0.05) is 32.0 Å². The van der Waals surface area contributed by atoms with Crippen LogP contribution in [0.2, 0.25) is 0 Å². The maximum Gasteiger partial charge on any atom is 0.0840 e. The van der Waals surface area contributed by atoms with Gasteiger partial charge in [0.15, 0.2) is 0 Å². The second-order valence-electron chi connectivity index (χ2n) is 5.65. The first-order chi connectivity index (χ1) is 8.49. The smallest absolute Gasteiger partial charge is 0.0840 e. The Hall–Kier alpha value is -1.51. The maximum atomic E-state index is 8.98. The summed E-state index contributed by atoms with van der Waals surface area (Å²) >= 11 is 0. The zero-order valence-electron chi connectivity index (χ0n) is 11.7. The zero-order valence-corrected chi connectivity index (χ0v) is 11.7. The van der Waals surface area contributed by atoms with Crippen LogP contribution in [-0.4, -0.2) is 17.5 Å². The number of fused-ring (bicyclic) bond motifs is 1. The molecular formula is C15H22N2O. The third-order valence-corrected chi connectivity index (χ3v) is 3.96. The summed E-state index contributed by atoms with van der Waals surface area (Å²) in [7, 11) is 0. The van der Waals surface area contributed by atoms with Gasteiger partial charge in [0.2, 0.25) is 0 Å². The molecule has 98 valence electrons. The lowest BCUT2D eigenvalue weighted by atomic mass is 9.76. The van der Waals surface area contributed by atoms with Crippen molar-refractivity contribution >= 4 is 11.4 Å². The first kappa shape index (κ1) is 12.9. The van der Waals surface area contributed by atoms with Crippen LogP contribution in [0.4, 0.5) is 5.69 Å². The minimum Gasteiger partial charge on any atom is -0.411 e. The van der Waals surface area contributed by atoms with Crippen molar-refractivity contribution in [2.24, 2.45) is 5.16 Å². The van der Waals surface area contributed by atoms with E-state index in [1.807, 2.05) is 6.92 Å². The van der Waals surface area contributed by atoms with E-state index in [1.165, 1.54) is 16.8 Å². The molecule has 2 N–H and O–H groups in total. The fourth-order valence-corrected chi connectivity index (χ4v) is 2.68. The van der Waals surface area contributed by atoms with Crippen LogP contribution in [0, 0.1) is 0 Å². The van der Waals surface area contributed by atoms with Crippen LogP contribution in [0.3, 0.4) is 0 Å². The van der Waals surface area contributed by atoms with E-state index >= 15 is 0 Å². The average Bonchev–Trinajstić information content (AvgIpc) is 2.36. The molecule has 0 saturated heterocycles. The quantitative estimate of drug-likeness (QED) is 0.476. The van der Waals surface area contributed by atoms with Crippen molar-refractivity contribution < 1.29 is 5.21 Å². The minimum absolute atomic E-state index is 0.216. The third kappa shape index (κ3) is 2.09. The van der Waals surface area contributed by atoms with Crippen LogP contribution >= 0.6 is 0 Å². The second kappa shape index (κ2) is 4.63. The predicted molar refractivity (Wildman–Crippen MR) is 76.0 cm³/mol. The molecule has 0 fully saturated rings. The number of benzene rings is 1. The number of anilines is 1. The van der Waals surface area contributed by atoms with E-state index in [0.717, 1.165) is 24.9 Å². The van der Waals surface area contributed by atoms with E-state index in [1.54, 1.807) is 0 Å². The Bertz CT molecular complexity index is 490. The van der Waals surface area contributed by atoms with Gasteiger partial charge in [0.25, 0.3) is 0 Å². The molecule has 1 aromatic carbocycles.